The summed E-state index contributed by atoms with van der Waals surface area (Å²) in [5.41, 5.74) is 2.34. The lowest BCUT2D eigenvalue weighted by molar-refractivity contribution is -0.144. The minimum absolute atomic E-state index is 0.0784. The van der Waals surface area contributed by atoms with Gasteiger partial charge in [0.15, 0.2) is 0 Å². The molecule has 0 bridgehead atoms. The third-order valence-electron chi connectivity index (χ3n) is 5.41. The first-order valence-electron chi connectivity index (χ1n) is 9.50. The van der Waals surface area contributed by atoms with Gasteiger partial charge in [-0.2, -0.15) is 0 Å². The number of carbonyl (C=O) groups is 2. The number of aromatic amines is 1. The molecule has 2 amide bonds. The van der Waals surface area contributed by atoms with Crippen LogP contribution in [0.4, 0.5) is 4.79 Å². The SMILES string of the molecule is CC[C@@H](C)[C@@H](NC(=O)N1CCc2[nH]cnc2[C@@H]1c1cccc(Cl)c1Cl)C(=O)OC. The van der Waals surface area contributed by atoms with E-state index in [2.05, 4.69) is 15.3 Å². The van der Waals surface area contributed by atoms with Crippen LogP contribution in [0.2, 0.25) is 10.0 Å². The molecule has 1 aromatic heterocycles. The Morgan fingerprint density at radius 3 is 2.86 bits per heavy atom. The Morgan fingerprint density at radius 2 is 2.17 bits per heavy atom. The predicted octanol–water partition coefficient (Wildman–Crippen LogP) is 3.96. The second-order valence-corrected chi connectivity index (χ2v) is 7.88. The van der Waals surface area contributed by atoms with Crippen LogP contribution < -0.4 is 5.32 Å². The lowest BCUT2D eigenvalue weighted by atomic mass is 9.95. The summed E-state index contributed by atoms with van der Waals surface area (Å²) >= 11 is 12.7. The van der Waals surface area contributed by atoms with E-state index in [0.717, 1.165) is 5.69 Å². The van der Waals surface area contributed by atoms with Crippen molar-refractivity contribution < 1.29 is 14.3 Å². The Labute approximate surface area is 179 Å². The number of methoxy groups -OCH3 is 1. The maximum absolute atomic E-state index is 13.3. The molecule has 3 rings (SSSR count). The van der Waals surface area contributed by atoms with Gasteiger partial charge in [-0.15, -0.1) is 0 Å². The molecule has 7 nitrogen and oxygen atoms in total. The van der Waals surface area contributed by atoms with Crippen LogP contribution in [0.15, 0.2) is 24.5 Å². The van der Waals surface area contributed by atoms with E-state index in [1.165, 1.54) is 7.11 Å². The van der Waals surface area contributed by atoms with Crippen LogP contribution >= 0.6 is 23.2 Å². The topological polar surface area (TPSA) is 87.3 Å². The molecule has 0 saturated heterocycles. The third-order valence-corrected chi connectivity index (χ3v) is 6.24. The molecule has 29 heavy (non-hydrogen) atoms. The number of hydrogen-bond acceptors (Lipinski definition) is 4. The zero-order valence-corrected chi connectivity index (χ0v) is 18.0. The molecule has 9 heteroatoms. The molecule has 2 N–H and O–H groups in total. The van der Waals surface area contributed by atoms with Crippen LogP contribution in [-0.4, -0.2) is 46.6 Å². The van der Waals surface area contributed by atoms with Crippen molar-refractivity contribution in [2.75, 3.05) is 13.7 Å². The first-order valence-corrected chi connectivity index (χ1v) is 10.3. The molecule has 0 aliphatic carbocycles. The number of fused-ring (bicyclic) bond motifs is 1. The average Bonchev–Trinajstić information content (AvgIpc) is 3.21. The van der Waals surface area contributed by atoms with E-state index in [1.807, 2.05) is 19.9 Å². The smallest absolute Gasteiger partial charge is 0.328 e. The zero-order valence-electron chi connectivity index (χ0n) is 16.5. The number of nitrogens with zero attached hydrogens (tertiary/aromatic N) is 2. The summed E-state index contributed by atoms with van der Waals surface area (Å²) in [5, 5.41) is 3.62. The summed E-state index contributed by atoms with van der Waals surface area (Å²) < 4.78 is 4.89. The van der Waals surface area contributed by atoms with Crippen molar-refractivity contribution in [2.45, 2.75) is 38.8 Å². The number of urea groups is 1. The van der Waals surface area contributed by atoms with Crippen LogP contribution in [0.5, 0.6) is 0 Å². The van der Waals surface area contributed by atoms with Crippen molar-refractivity contribution in [1.82, 2.24) is 20.2 Å². The maximum atomic E-state index is 13.3. The fourth-order valence-electron chi connectivity index (χ4n) is 3.55. The summed E-state index contributed by atoms with van der Waals surface area (Å²) in [6, 6.07) is 3.67. The van der Waals surface area contributed by atoms with Crippen molar-refractivity contribution in [3.63, 3.8) is 0 Å². The number of hydrogen-bond donors (Lipinski definition) is 2. The number of nitrogens with one attached hydrogen (secondary N) is 2. The fourth-order valence-corrected chi connectivity index (χ4v) is 3.97. The second kappa shape index (κ2) is 9.05. The minimum atomic E-state index is -0.742. The standard InChI is InChI=1S/C20H24Cl2N4O3/c1-4-11(2)16(19(27)29-3)25-20(28)26-9-8-14-17(24-10-23-14)18(26)12-6-5-7-13(21)15(12)22/h5-7,10-11,16,18H,4,8-9H2,1-3H3,(H,23,24)(H,25,28)/t11-,16-,18+/m1/s1. The molecule has 2 aromatic rings. The van der Waals surface area contributed by atoms with Gasteiger partial charge in [0.1, 0.15) is 12.1 Å². The monoisotopic (exact) mass is 438 g/mol. The van der Waals surface area contributed by atoms with Crippen molar-refractivity contribution in [2.24, 2.45) is 5.92 Å². The molecule has 0 radical (unpaired) electrons. The lowest BCUT2D eigenvalue weighted by Crippen LogP contribution is -2.53. The molecule has 1 aliphatic heterocycles. The number of benzene rings is 1. The number of H-pyrrole nitrogens is 1. The average molecular weight is 439 g/mol. The fraction of sp³-hybridized carbons (Fsp3) is 0.450. The molecular weight excluding hydrogens is 415 g/mol. The quantitative estimate of drug-likeness (QED) is 0.691. The van der Waals surface area contributed by atoms with Crippen molar-refractivity contribution in [3.8, 4) is 0 Å². The number of halogens is 2. The van der Waals surface area contributed by atoms with Gasteiger partial charge in [0.25, 0.3) is 0 Å². The molecule has 2 heterocycles. The van der Waals surface area contributed by atoms with Gasteiger partial charge in [-0.3, -0.25) is 0 Å². The Hall–Kier alpha value is -2.25. The van der Waals surface area contributed by atoms with Crippen molar-refractivity contribution >= 4 is 35.2 Å². The van der Waals surface area contributed by atoms with Gasteiger partial charge in [0, 0.05) is 24.2 Å². The number of imidazole rings is 1. The van der Waals surface area contributed by atoms with Crippen LogP contribution in [-0.2, 0) is 16.0 Å². The highest BCUT2D eigenvalue weighted by molar-refractivity contribution is 6.42. The predicted molar refractivity (Wildman–Crippen MR) is 111 cm³/mol. The van der Waals surface area contributed by atoms with E-state index in [0.29, 0.717) is 40.7 Å². The Bertz CT molecular complexity index is 902. The van der Waals surface area contributed by atoms with E-state index < -0.39 is 18.1 Å². The zero-order chi connectivity index (χ0) is 21.1. The van der Waals surface area contributed by atoms with E-state index in [-0.39, 0.29) is 11.9 Å². The van der Waals surface area contributed by atoms with E-state index >= 15 is 0 Å². The summed E-state index contributed by atoms with van der Waals surface area (Å²) in [5.74, 6) is -0.548. The molecule has 1 aromatic carbocycles. The van der Waals surface area contributed by atoms with Gasteiger partial charge in [0.05, 0.1) is 29.2 Å². The Morgan fingerprint density at radius 1 is 1.41 bits per heavy atom. The molecule has 0 saturated carbocycles. The molecule has 0 spiro atoms. The minimum Gasteiger partial charge on any atom is -0.467 e. The number of ether oxygens (including phenoxy) is 1. The van der Waals surface area contributed by atoms with E-state index in [1.54, 1.807) is 23.4 Å². The molecule has 3 atom stereocenters. The highest BCUT2D eigenvalue weighted by atomic mass is 35.5. The normalized spacial score (nSPS) is 18.0. The maximum Gasteiger partial charge on any atom is 0.328 e. The van der Waals surface area contributed by atoms with Gasteiger partial charge in [-0.1, -0.05) is 55.6 Å². The van der Waals surface area contributed by atoms with Gasteiger partial charge in [0.2, 0.25) is 0 Å². The first-order chi connectivity index (χ1) is 13.9. The van der Waals surface area contributed by atoms with Crippen LogP contribution in [0.1, 0.15) is 43.3 Å². The summed E-state index contributed by atoms with van der Waals surface area (Å²) in [4.78, 5) is 34.7. The highest BCUT2D eigenvalue weighted by Gasteiger charge is 2.37. The van der Waals surface area contributed by atoms with E-state index in [9.17, 15) is 9.59 Å². The third kappa shape index (κ3) is 4.21. The molecule has 1 aliphatic rings. The van der Waals surface area contributed by atoms with Gasteiger partial charge < -0.3 is 19.9 Å². The molecule has 0 unspecified atom stereocenters. The molecular formula is C20H24Cl2N4O3. The van der Waals surface area contributed by atoms with Gasteiger partial charge in [-0.25, -0.2) is 14.6 Å². The Kier molecular flexibility index (Phi) is 6.70. The largest absolute Gasteiger partial charge is 0.467 e. The molecule has 0 fully saturated rings. The second-order valence-electron chi connectivity index (χ2n) is 7.09. The number of rotatable bonds is 5. The van der Waals surface area contributed by atoms with Crippen LogP contribution in [0.3, 0.4) is 0 Å². The number of aromatic nitrogens is 2. The van der Waals surface area contributed by atoms with Crippen molar-refractivity contribution in [3.05, 3.63) is 51.5 Å². The van der Waals surface area contributed by atoms with Crippen LogP contribution in [0, 0.1) is 5.92 Å². The summed E-state index contributed by atoms with van der Waals surface area (Å²) in [6.45, 7) is 4.29. The Balaban J connectivity index is 1.97. The number of carbonyl (C=O) groups excluding carboxylic acids is 2. The van der Waals surface area contributed by atoms with E-state index in [4.69, 9.17) is 27.9 Å². The highest BCUT2D eigenvalue weighted by Crippen LogP contribution is 2.39. The van der Waals surface area contributed by atoms with Gasteiger partial charge >= 0.3 is 12.0 Å². The lowest BCUT2D eigenvalue weighted by Gasteiger charge is -2.37. The number of amides is 2. The number of esters is 1. The van der Waals surface area contributed by atoms with Crippen molar-refractivity contribution in [1.29, 1.82) is 0 Å². The summed E-state index contributed by atoms with van der Waals surface area (Å²) in [6.07, 6.45) is 2.94. The summed E-state index contributed by atoms with van der Waals surface area (Å²) in [7, 11) is 1.31. The van der Waals surface area contributed by atoms with Crippen LogP contribution in [0.25, 0.3) is 0 Å². The first kappa shape index (κ1) is 21.5. The molecule has 156 valence electrons. The van der Waals surface area contributed by atoms with Gasteiger partial charge in [-0.05, 0) is 12.0 Å².